The Kier molecular flexibility index (Phi) is 4.34. The molecule has 0 saturated heterocycles. The van der Waals surface area contributed by atoms with Gasteiger partial charge >= 0.3 is 0 Å². The number of aromatic nitrogens is 3. The molecular weight excluding hydrogens is 373 g/mol. The van der Waals surface area contributed by atoms with Crippen LogP contribution in [0.15, 0.2) is 48.5 Å². The second kappa shape index (κ2) is 6.64. The van der Waals surface area contributed by atoms with Crippen LogP contribution in [0.5, 0.6) is 0 Å². The van der Waals surface area contributed by atoms with E-state index in [1.807, 2.05) is 61.5 Å². The minimum atomic E-state index is 0.553. The Morgan fingerprint density at radius 3 is 2.68 bits per heavy atom. The van der Waals surface area contributed by atoms with Crippen molar-refractivity contribution in [3.8, 4) is 5.69 Å². The first-order chi connectivity index (χ1) is 12.1. The van der Waals surface area contributed by atoms with Crippen LogP contribution >= 0.6 is 34.5 Å². The summed E-state index contributed by atoms with van der Waals surface area (Å²) in [6.07, 6.45) is 3.94. The number of fused-ring (bicyclic) bond motifs is 1. The number of hydrogen-bond acceptors (Lipinski definition) is 3. The van der Waals surface area contributed by atoms with E-state index in [1.165, 1.54) is 4.70 Å². The van der Waals surface area contributed by atoms with E-state index in [1.54, 1.807) is 16.0 Å². The molecular formula is C19H13Cl2N3S. The molecule has 0 saturated carbocycles. The highest BCUT2D eigenvalue weighted by Gasteiger charge is 2.13. The van der Waals surface area contributed by atoms with E-state index in [0.717, 1.165) is 27.5 Å². The molecule has 0 N–H and O–H groups in total. The van der Waals surface area contributed by atoms with Crippen LogP contribution in [0.1, 0.15) is 16.3 Å². The van der Waals surface area contributed by atoms with E-state index in [2.05, 4.69) is 16.1 Å². The molecule has 2 heterocycles. The van der Waals surface area contributed by atoms with Crippen LogP contribution < -0.4 is 0 Å². The molecule has 124 valence electrons. The first-order valence-corrected chi connectivity index (χ1v) is 9.24. The van der Waals surface area contributed by atoms with E-state index < -0.39 is 0 Å². The summed E-state index contributed by atoms with van der Waals surface area (Å²) in [6.45, 7) is 1.94. The van der Waals surface area contributed by atoms with Crippen LogP contribution in [-0.4, -0.2) is 14.8 Å². The predicted octanol–water partition coefficient (Wildman–Crippen LogP) is 6.27. The summed E-state index contributed by atoms with van der Waals surface area (Å²) >= 11 is 14.3. The Morgan fingerprint density at radius 2 is 1.88 bits per heavy atom. The Bertz CT molecular complexity index is 1060. The Labute approximate surface area is 159 Å². The van der Waals surface area contributed by atoms with E-state index in [0.29, 0.717) is 10.2 Å². The van der Waals surface area contributed by atoms with E-state index in [-0.39, 0.29) is 0 Å². The number of benzene rings is 2. The number of halogens is 2. The van der Waals surface area contributed by atoms with E-state index in [9.17, 15) is 0 Å². The maximum absolute atomic E-state index is 6.55. The molecule has 0 unspecified atom stereocenters. The quantitative estimate of drug-likeness (QED) is 0.416. The summed E-state index contributed by atoms with van der Waals surface area (Å²) in [7, 11) is 0. The highest BCUT2D eigenvalue weighted by atomic mass is 35.5. The second-order valence-electron chi connectivity index (χ2n) is 5.53. The third-order valence-corrected chi connectivity index (χ3v) is 5.40. The largest absolute Gasteiger partial charge is 0.237 e. The molecule has 2 aromatic heterocycles. The van der Waals surface area contributed by atoms with Gasteiger partial charge in [-0.05, 0) is 49.4 Å². The first-order valence-electron chi connectivity index (χ1n) is 7.66. The zero-order chi connectivity index (χ0) is 17.4. The fourth-order valence-electron chi connectivity index (χ4n) is 2.60. The first kappa shape index (κ1) is 16.3. The summed E-state index contributed by atoms with van der Waals surface area (Å²) in [5.41, 5.74) is 3.56. The lowest BCUT2D eigenvalue weighted by atomic mass is 10.2. The fourth-order valence-corrected chi connectivity index (χ4v) is 3.99. The summed E-state index contributed by atoms with van der Waals surface area (Å²) in [4.78, 5) is 4.61. The molecule has 4 aromatic rings. The molecule has 0 aliphatic heterocycles. The zero-order valence-corrected chi connectivity index (χ0v) is 15.6. The Hall–Kier alpha value is -2.14. The molecule has 0 bridgehead atoms. The molecule has 0 aliphatic carbocycles. The van der Waals surface area contributed by atoms with Crippen LogP contribution in [0.2, 0.25) is 10.2 Å². The molecule has 6 heteroatoms. The third-order valence-electron chi connectivity index (χ3n) is 3.80. The number of hydrogen-bond donors (Lipinski definition) is 0. The van der Waals surface area contributed by atoms with Gasteiger partial charge in [0.15, 0.2) is 0 Å². The fraction of sp³-hybridized carbons (Fsp3) is 0.0526. The minimum absolute atomic E-state index is 0.553. The lowest BCUT2D eigenvalue weighted by molar-refractivity contribution is 0.863. The molecule has 0 radical (unpaired) electrons. The Balaban J connectivity index is 1.71. The smallest absolute Gasteiger partial charge is 0.140 e. The van der Waals surface area contributed by atoms with Crippen LogP contribution in [0.3, 0.4) is 0 Å². The lowest BCUT2D eigenvalue weighted by Crippen LogP contribution is -1.96. The van der Waals surface area contributed by atoms with Gasteiger partial charge in [-0.2, -0.15) is 5.10 Å². The van der Waals surface area contributed by atoms with Crippen LogP contribution in [0, 0.1) is 6.92 Å². The standard InChI is InChI=1S/C19H13Cl2N3S/c1-12-15(9-10-18-22-16-7-2-3-8-17(16)25-18)19(21)24(23-12)14-6-4-5-13(20)11-14/h2-11H,1H3/b10-9+. The predicted molar refractivity (Wildman–Crippen MR) is 107 cm³/mol. The maximum atomic E-state index is 6.55. The van der Waals surface area contributed by atoms with Crippen molar-refractivity contribution in [2.45, 2.75) is 6.92 Å². The summed E-state index contributed by atoms with van der Waals surface area (Å²) < 4.78 is 2.86. The van der Waals surface area contributed by atoms with Gasteiger partial charge in [0.1, 0.15) is 10.2 Å². The van der Waals surface area contributed by atoms with Gasteiger partial charge in [0.2, 0.25) is 0 Å². The van der Waals surface area contributed by atoms with E-state index in [4.69, 9.17) is 23.2 Å². The van der Waals surface area contributed by atoms with Gasteiger partial charge in [-0.15, -0.1) is 11.3 Å². The average Bonchev–Trinajstić information content (AvgIpc) is 3.14. The van der Waals surface area contributed by atoms with Gasteiger partial charge in [-0.1, -0.05) is 41.4 Å². The number of aryl methyl sites for hydroxylation is 1. The minimum Gasteiger partial charge on any atom is -0.237 e. The van der Waals surface area contributed by atoms with Gasteiger partial charge in [0, 0.05) is 10.6 Å². The molecule has 0 spiro atoms. The summed E-state index contributed by atoms with van der Waals surface area (Å²) in [6, 6.07) is 15.5. The molecule has 0 fully saturated rings. The zero-order valence-electron chi connectivity index (χ0n) is 13.3. The van der Waals surface area contributed by atoms with Crippen LogP contribution in [0.4, 0.5) is 0 Å². The van der Waals surface area contributed by atoms with Gasteiger partial charge in [-0.3, -0.25) is 0 Å². The van der Waals surface area contributed by atoms with Crippen molar-refractivity contribution in [2.75, 3.05) is 0 Å². The van der Waals surface area contributed by atoms with Gasteiger partial charge in [-0.25, -0.2) is 9.67 Å². The normalized spacial score (nSPS) is 11.6. The maximum Gasteiger partial charge on any atom is 0.140 e. The monoisotopic (exact) mass is 385 g/mol. The van der Waals surface area contributed by atoms with Crippen LogP contribution in [-0.2, 0) is 0 Å². The van der Waals surface area contributed by atoms with E-state index >= 15 is 0 Å². The topological polar surface area (TPSA) is 30.7 Å². The number of rotatable bonds is 3. The van der Waals surface area contributed by atoms with Crippen LogP contribution in [0.25, 0.3) is 28.1 Å². The van der Waals surface area contributed by atoms with Crippen molar-refractivity contribution in [3.05, 3.63) is 75.0 Å². The lowest BCUT2D eigenvalue weighted by Gasteiger charge is -2.03. The van der Waals surface area contributed by atoms with Crippen molar-refractivity contribution >= 4 is 56.9 Å². The molecule has 3 nitrogen and oxygen atoms in total. The van der Waals surface area contributed by atoms with Gasteiger partial charge < -0.3 is 0 Å². The molecule has 0 atom stereocenters. The summed E-state index contributed by atoms with van der Waals surface area (Å²) in [5, 5.41) is 6.67. The van der Waals surface area contributed by atoms with Crippen molar-refractivity contribution in [2.24, 2.45) is 0 Å². The van der Waals surface area contributed by atoms with Crippen molar-refractivity contribution in [1.82, 2.24) is 14.8 Å². The highest BCUT2D eigenvalue weighted by Crippen LogP contribution is 2.28. The average molecular weight is 386 g/mol. The molecule has 0 aliphatic rings. The third kappa shape index (κ3) is 3.21. The number of thiazole rings is 1. The number of nitrogens with zero attached hydrogens (tertiary/aromatic N) is 3. The van der Waals surface area contributed by atoms with Crippen molar-refractivity contribution in [1.29, 1.82) is 0 Å². The Morgan fingerprint density at radius 1 is 1.04 bits per heavy atom. The van der Waals surface area contributed by atoms with Gasteiger partial charge in [0.05, 0.1) is 21.6 Å². The van der Waals surface area contributed by atoms with Crippen molar-refractivity contribution in [3.63, 3.8) is 0 Å². The summed E-state index contributed by atoms with van der Waals surface area (Å²) in [5.74, 6) is 0. The molecule has 2 aromatic carbocycles. The SMILES string of the molecule is Cc1nn(-c2cccc(Cl)c2)c(Cl)c1/C=C/c1nc2ccccc2s1. The van der Waals surface area contributed by atoms with Gasteiger partial charge in [0.25, 0.3) is 0 Å². The van der Waals surface area contributed by atoms with Crippen molar-refractivity contribution < 1.29 is 0 Å². The molecule has 25 heavy (non-hydrogen) atoms. The second-order valence-corrected chi connectivity index (χ2v) is 7.39. The highest BCUT2D eigenvalue weighted by molar-refractivity contribution is 7.19. The molecule has 0 amide bonds. The molecule has 4 rings (SSSR count). The number of para-hydroxylation sites is 1.